The Morgan fingerprint density at radius 3 is 2.34 bits per heavy atom. The summed E-state index contributed by atoms with van der Waals surface area (Å²) in [5.41, 5.74) is 4.10. The van der Waals surface area contributed by atoms with Crippen LogP contribution in [0.5, 0.6) is 0 Å². The van der Waals surface area contributed by atoms with Crippen LogP contribution in [0.4, 0.5) is 11.4 Å². The van der Waals surface area contributed by atoms with E-state index in [1.165, 1.54) is 23.9 Å². The van der Waals surface area contributed by atoms with Crippen molar-refractivity contribution >= 4 is 29.0 Å². The molecule has 0 atom stereocenters. The van der Waals surface area contributed by atoms with Gasteiger partial charge in [-0.3, -0.25) is 14.9 Å². The van der Waals surface area contributed by atoms with Crippen LogP contribution in [-0.2, 0) is 4.79 Å². The first-order valence-electron chi connectivity index (χ1n) is 10.2. The van der Waals surface area contributed by atoms with E-state index >= 15 is 0 Å². The summed E-state index contributed by atoms with van der Waals surface area (Å²) in [4.78, 5) is 26.9. The SMILES string of the molecule is Cc1cc(C)cc(-c2nnc(SCC(=O)N3CCN(c4ccc([N+](=O)[O-])cc4)CC3)o2)c1. The summed E-state index contributed by atoms with van der Waals surface area (Å²) in [6, 6.07) is 12.5. The van der Waals surface area contributed by atoms with Crippen molar-refractivity contribution in [1.29, 1.82) is 0 Å². The number of nitro benzene ring substituents is 1. The normalized spacial score (nSPS) is 13.9. The van der Waals surface area contributed by atoms with Gasteiger partial charge in [0.2, 0.25) is 11.8 Å². The molecule has 1 aliphatic heterocycles. The summed E-state index contributed by atoms with van der Waals surface area (Å²) >= 11 is 1.24. The van der Waals surface area contributed by atoms with Crippen LogP contribution in [0.1, 0.15) is 11.1 Å². The lowest BCUT2D eigenvalue weighted by Gasteiger charge is -2.36. The molecule has 1 aromatic heterocycles. The van der Waals surface area contributed by atoms with E-state index in [1.807, 2.05) is 30.9 Å². The van der Waals surface area contributed by atoms with E-state index in [0.717, 1.165) is 22.4 Å². The number of nitro groups is 1. The van der Waals surface area contributed by atoms with Gasteiger partial charge in [-0.05, 0) is 38.1 Å². The van der Waals surface area contributed by atoms with Gasteiger partial charge in [-0.15, -0.1) is 10.2 Å². The summed E-state index contributed by atoms with van der Waals surface area (Å²) in [5.74, 6) is 0.694. The fourth-order valence-corrected chi connectivity index (χ4v) is 4.36. The van der Waals surface area contributed by atoms with Crippen LogP contribution < -0.4 is 4.90 Å². The molecule has 2 heterocycles. The van der Waals surface area contributed by atoms with Gasteiger partial charge in [0.05, 0.1) is 10.7 Å². The highest BCUT2D eigenvalue weighted by molar-refractivity contribution is 7.99. The van der Waals surface area contributed by atoms with Crippen molar-refractivity contribution < 1.29 is 14.1 Å². The van der Waals surface area contributed by atoms with Gasteiger partial charge in [0.15, 0.2) is 0 Å². The molecule has 0 aliphatic carbocycles. The van der Waals surface area contributed by atoms with E-state index in [0.29, 0.717) is 37.3 Å². The number of benzene rings is 2. The molecule has 9 nitrogen and oxygen atoms in total. The summed E-state index contributed by atoms with van der Waals surface area (Å²) in [6.07, 6.45) is 0. The Kier molecular flexibility index (Phi) is 6.40. The first kappa shape index (κ1) is 21.8. The van der Waals surface area contributed by atoms with Gasteiger partial charge in [0, 0.05) is 49.6 Å². The van der Waals surface area contributed by atoms with Gasteiger partial charge >= 0.3 is 0 Å². The molecule has 0 unspecified atom stereocenters. The smallest absolute Gasteiger partial charge is 0.277 e. The second kappa shape index (κ2) is 9.39. The summed E-state index contributed by atoms with van der Waals surface area (Å²) < 4.78 is 5.73. The van der Waals surface area contributed by atoms with Crippen LogP contribution in [0.2, 0.25) is 0 Å². The van der Waals surface area contributed by atoms with E-state index in [4.69, 9.17) is 4.42 Å². The highest BCUT2D eigenvalue weighted by atomic mass is 32.2. The minimum Gasteiger partial charge on any atom is -0.411 e. The van der Waals surface area contributed by atoms with E-state index in [1.54, 1.807) is 12.1 Å². The highest BCUT2D eigenvalue weighted by Gasteiger charge is 2.22. The molecule has 3 aromatic rings. The average molecular weight is 454 g/mol. The Labute approximate surface area is 189 Å². The number of carbonyl (C=O) groups excluding carboxylic acids is 1. The molecule has 0 bridgehead atoms. The lowest BCUT2D eigenvalue weighted by Crippen LogP contribution is -2.49. The number of nitrogens with zero attached hydrogens (tertiary/aromatic N) is 5. The number of carbonyl (C=O) groups is 1. The maximum absolute atomic E-state index is 12.6. The molecule has 0 saturated carbocycles. The topological polar surface area (TPSA) is 106 Å². The lowest BCUT2D eigenvalue weighted by molar-refractivity contribution is -0.384. The second-order valence-corrected chi connectivity index (χ2v) is 8.61. The molecule has 1 saturated heterocycles. The summed E-state index contributed by atoms with van der Waals surface area (Å²) in [6.45, 7) is 6.56. The Morgan fingerprint density at radius 1 is 1.06 bits per heavy atom. The molecule has 10 heteroatoms. The van der Waals surface area contributed by atoms with Gasteiger partial charge in [0.1, 0.15) is 0 Å². The standard InChI is InChI=1S/C22H23N5O4S/c1-15-11-16(2)13-17(12-15)21-23-24-22(31-21)32-14-20(28)26-9-7-25(8-10-26)18-3-5-19(6-4-18)27(29)30/h3-6,11-13H,7-10,14H2,1-2H3. The molecule has 4 rings (SSSR count). The predicted molar refractivity (Wildman–Crippen MR) is 122 cm³/mol. The number of non-ortho nitro benzene ring substituents is 1. The monoisotopic (exact) mass is 453 g/mol. The summed E-state index contributed by atoms with van der Waals surface area (Å²) in [7, 11) is 0. The number of hydrogen-bond acceptors (Lipinski definition) is 8. The fraction of sp³-hybridized carbons (Fsp3) is 0.318. The van der Waals surface area contributed by atoms with Gasteiger partial charge in [-0.25, -0.2) is 0 Å². The van der Waals surface area contributed by atoms with Gasteiger partial charge < -0.3 is 14.2 Å². The third-order valence-corrected chi connectivity index (χ3v) is 6.06. The Hall–Kier alpha value is -3.40. The van der Waals surface area contributed by atoms with Crippen molar-refractivity contribution in [2.75, 3.05) is 36.8 Å². The van der Waals surface area contributed by atoms with Crippen molar-refractivity contribution in [1.82, 2.24) is 15.1 Å². The Bertz CT molecular complexity index is 1100. The number of aromatic nitrogens is 2. The van der Waals surface area contributed by atoms with Crippen molar-refractivity contribution in [3.05, 3.63) is 63.7 Å². The van der Waals surface area contributed by atoms with Gasteiger partial charge in [-0.1, -0.05) is 29.0 Å². The van der Waals surface area contributed by atoms with Crippen LogP contribution in [-0.4, -0.2) is 57.9 Å². The maximum atomic E-state index is 12.6. The zero-order valence-corrected chi connectivity index (χ0v) is 18.7. The lowest BCUT2D eigenvalue weighted by atomic mass is 10.1. The third-order valence-electron chi connectivity index (χ3n) is 5.25. The Morgan fingerprint density at radius 2 is 1.72 bits per heavy atom. The number of hydrogen-bond donors (Lipinski definition) is 0. The van der Waals surface area contributed by atoms with Crippen LogP contribution in [0.25, 0.3) is 11.5 Å². The van der Waals surface area contributed by atoms with Crippen LogP contribution >= 0.6 is 11.8 Å². The minimum absolute atomic E-state index is 0.0181. The number of rotatable bonds is 6. The molecular formula is C22H23N5O4S. The van der Waals surface area contributed by atoms with E-state index in [2.05, 4.69) is 21.2 Å². The molecule has 1 amide bonds. The van der Waals surface area contributed by atoms with Crippen molar-refractivity contribution in [2.45, 2.75) is 19.1 Å². The molecule has 32 heavy (non-hydrogen) atoms. The van der Waals surface area contributed by atoms with Gasteiger partial charge in [0.25, 0.3) is 10.9 Å². The first-order chi connectivity index (χ1) is 15.4. The zero-order valence-electron chi connectivity index (χ0n) is 17.9. The number of thioether (sulfide) groups is 1. The van der Waals surface area contributed by atoms with Crippen LogP contribution in [0.15, 0.2) is 52.1 Å². The van der Waals surface area contributed by atoms with E-state index in [9.17, 15) is 14.9 Å². The van der Waals surface area contributed by atoms with Crippen molar-refractivity contribution in [3.63, 3.8) is 0 Å². The maximum Gasteiger partial charge on any atom is 0.277 e. The quantitative estimate of drug-likeness (QED) is 0.316. The molecule has 0 N–H and O–H groups in total. The van der Waals surface area contributed by atoms with Crippen LogP contribution in [0, 0.1) is 24.0 Å². The van der Waals surface area contributed by atoms with Crippen molar-refractivity contribution in [2.24, 2.45) is 0 Å². The molecule has 166 valence electrons. The number of aryl methyl sites for hydroxylation is 2. The number of amides is 1. The summed E-state index contributed by atoms with van der Waals surface area (Å²) in [5, 5.41) is 19.3. The molecule has 0 spiro atoms. The molecule has 0 radical (unpaired) electrons. The number of anilines is 1. The number of piperazine rings is 1. The zero-order chi connectivity index (χ0) is 22.7. The third kappa shape index (κ3) is 5.08. The first-order valence-corrected chi connectivity index (χ1v) is 11.2. The van der Waals surface area contributed by atoms with Crippen molar-refractivity contribution in [3.8, 4) is 11.5 Å². The van der Waals surface area contributed by atoms with Gasteiger partial charge in [-0.2, -0.15) is 0 Å². The van der Waals surface area contributed by atoms with E-state index < -0.39 is 4.92 Å². The minimum atomic E-state index is -0.410. The van der Waals surface area contributed by atoms with Crippen LogP contribution in [0.3, 0.4) is 0 Å². The molecule has 2 aromatic carbocycles. The Balaban J connectivity index is 1.28. The molecular weight excluding hydrogens is 430 g/mol. The highest BCUT2D eigenvalue weighted by Crippen LogP contribution is 2.25. The fourth-order valence-electron chi connectivity index (χ4n) is 3.70. The average Bonchev–Trinajstić information content (AvgIpc) is 3.26. The molecule has 1 aliphatic rings. The second-order valence-electron chi connectivity index (χ2n) is 7.68. The van der Waals surface area contributed by atoms with E-state index in [-0.39, 0.29) is 17.3 Å². The predicted octanol–water partition coefficient (Wildman–Crippen LogP) is 3.70. The largest absolute Gasteiger partial charge is 0.411 e. The molecule has 1 fully saturated rings.